The largest absolute Gasteiger partial charge is 0.384 e. The lowest BCUT2D eigenvalue weighted by atomic mass is 10.00. The Labute approximate surface area is 115 Å². The Morgan fingerprint density at radius 2 is 1.85 bits per heavy atom. The minimum absolute atomic E-state index is 0.510. The summed E-state index contributed by atoms with van der Waals surface area (Å²) in [5.41, 5.74) is 9.90. The zero-order valence-electron chi connectivity index (χ0n) is 10.7. The molecular weight excluding hydrogens is 248 g/mol. The number of aromatic amines is 1. The van der Waals surface area contributed by atoms with E-state index in [1.807, 2.05) is 48.8 Å². The second kappa shape index (κ2) is 4.06. The third kappa shape index (κ3) is 1.55. The first-order chi connectivity index (χ1) is 9.83. The van der Waals surface area contributed by atoms with Gasteiger partial charge < -0.3 is 10.7 Å². The fourth-order valence-corrected chi connectivity index (χ4v) is 2.61. The molecule has 20 heavy (non-hydrogen) atoms. The van der Waals surface area contributed by atoms with Gasteiger partial charge in [0.05, 0.1) is 5.52 Å². The lowest BCUT2D eigenvalue weighted by molar-refractivity contribution is 1.33. The Kier molecular flexibility index (Phi) is 2.23. The van der Waals surface area contributed by atoms with E-state index in [4.69, 9.17) is 5.73 Å². The summed E-state index contributed by atoms with van der Waals surface area (Å²) in [5, 5.41) is 2.18. The van der Waals surface area contributed by atoms with Gasteiger partial charge in [-0.05, 0) is 35.4 Å². The zero-order valence-corrected chi connectivity index (χ0v) is 10.7. The van der Waals surface area contributed by atoms with Crippen LogP contribution in [0.25, 0.3) is 33.1 Å². The van der Waals surface area contributed by atoms with E-state index >= 15 is 0 Å². The molecule has 96 valence electrons. The zero-order chi connectivity index (χ0) is 13.5. The van der Waals surface area contributed by atoms with E-state index in [-0.39, 0.29) is 0 Å². The van der Waals surface area contributed by atoms with E-state index in [2.05, 4.69) is 21.0 Å². The molecule has 4 nitrogen and oxygen atoms in total. The van der Waals surface area contributed by atoms with Crippen LogP contribution in [0.5, 0.6) is 0 Å². The number of benzene rings is 1. The van der Waals surface area contributed by atoms with E-state index in [1.54, 1.807) is 0 Å². The van der Waals surface area contributed by atoms with Crippen molar-refractivity contribution in [3.8, 4) is 11.1 Å². The number of pyridine rings is 2. The van der Waals surface area contributed by atoms with Gasteiger partial charge in [0.15, 0.2) is 0 Å². The number of para-hydroxylation sites is 1. The average Bonchev–Trinajstić information content (AvgIpc) is 2.94. The molecule has 0 atom stereocenters. The Morgan fingerprint density at radius 3 is 2.80 bits per heavy atom. The summed E-state index contributed by atoms with van der Waals surface area (Å²) < 4.78 is 0. The average molecular weight is 260 g/mol. The van der Waals surface area contributed by atoms with Gasteiger partial charge in [0.1, 0.15) is 11.5 Å². The number of anilines is 1. The van der Waals surface area contributed by atoms with Crippen molar-refractivity contribution in [2.45, 2.75) is 0 Å². The first-order valence-electron chi connectivity index (χ1n) is 6.41. The number of nitrogens with one attached hydrogen (secondary N) is 1. The number of nitrogen functional groups attached to an aromatic ring is 1. The molecule has 0 unspecified atom stereocenters. The molecule has 3 aromatic heterocycles. The first kappa shape index (κ1) is 11.0. The van der Waals surface area contributed by atoms with Gasteiger partial charge in [0.2, 0.25) is 0 Å². The van der Waals surface area contributed by atoms with Gasteiger partial charge in [-0.1, -0.05) is 18.2 Å². The van der Waals surface area contributed by atoms with Crippen LogP contribution >= 0.6 is 0 Å². The maximum absolute atomic E-state index is 5.92. The molecule has 0 aliphatic heterocycles. The number of hydrogen-bond donors (Lipinski definition) is 2. The maximum Gasteiger partial charge on any atom is 0.140 e. The number of aromatic nitrogens is 3. The molecule has 0 saturated carbocycles. The Hall–Kier alpha value is -2.88. The lowest BCUT2D eigenvalue weighted by Gasteiger charge is -2.08. The maximum atomic E-state index is 5.92. The SMILES string of the molecule is Nc1cc(-c2ccnc3ccccc23)c2cc[nH]c2n1. The van der Waals surface area contributed by atoms with Gasteiger partial charge in [-0.25, -0.2) is 4.98 Å². The number of hydrogen-bond acceptors (Lipinski definition) is 3. The van der Waals surface area contributed by atoms with Crippen LogP contribution in [-0.2, 0) is 0 Å². The molecule has 3 N–H and O–H groups in total. The molecular formula is C16H12N4. The van der Waals surface area contributed by atoms with Gasteiger partial charge >= 0.3 is 0 Å². The van der Waals surface area contributed by atoms with Crippen LogP contribution in [-0.4, -0.2) is 15.0 Å². The fourth-order valence-electron chi connectivity index (χ4n) is 2.61. The number of H-pyrrole nitrogens is 1. The standard InChI is InChI=1S/C16H12N4/c17-15-9-13(12-6-8-19-16(12)20-15)10-5-7-18-14-4-2-1-3-11(10)14/h1-9H,(H3,17,19,20). The van der Waals surface area contributed by atoms with Crippen molar-refractivity contribution in [1.82, 2.24) is 15.0 Å². The summed E-state index contributed by atoms with van der Waals surface area (Å²) in [6.45, 7) is 0. The molecule has 0 bridgehead atoms. The van der Waals surface area contributed by atoms with Crippen molar-refractivity contribution >= 4 is 27.8 Å². The minimum Gasteiger partial charge on any atom is -0.384 e. The highest BCUT2D eigenvalue weighted by atomic mass is 14.9. The van der Waals surface area contributed by atoms with Crippen LogP contribution in [0.15, 0.2) is 54.9 Å². The van der Waals surface area contributed by atoms with Crippen LogP contribution < -0.4 is 5.73 Å². The second-order valence-electron chi connectivity index (χ2n) is 4.71. The van der Waals surface area contributed by atoms with Gasteiger partial charge in [-0.2, -0.15) is 0 Å². The topological polar surface area (TPSA) is 67.6 Å². The molecule has 0 amide bonds. The van der Waals surface area contributed by atoms with Gasteiger partial charge in [-0.15, -0.1) is 0 Å². The quantitative estimate of drug-likeness (QED) is 0.551. The highest BCUT2D eigenvalue weighted by Crippen LogP contribution is 2.33. The Morgan fingerprint density at radius 1 is 0.950 bits per heavy atom. The van der Waals surface area contributed by atoms with Crippen molar-refractivity contribution in [1.29, 1.82) is 0 Å². The van der Waals surface area contributed by atoms with Crippen LogP contribution in [0.4, 0.5) is 5.82 Å². The number of fused-ring (bicyclic) bond motifs is 2. The molecule has 0 radical (unpaired) electrons. The summed E-state index contributed by atoms with van der Waals surface area (Å²) in [6.07, 6.45) is 3.71. The Balaban J connectivity index is 2.14. The van der Waals surface area contributed by atoms with Crippen molar-refractivity contribution in [3.05, 3.63) is 54.9 Å². The molecule has 4 heteroatoms. The van der Waals surface area contributed by atoms with Crippen molar-refractivity contribution in [2.75, 3.05) is 5.73 Å². The lowest BCUT2D eigenvalue weighted by Crippen LogP contribution is -1.93. The van der Waals surface area contributed by atoms with Gasteiger partial charge in [-0.3, -0.25) is 4.98 Å². The molecule has 0 fully saturated rings. The summed E-state index contributed by atoms with van der Waals surface area (Å²) in [4.78, 5) is 11.8. The fraction of sp³-hybridized carbons (Fsp3) is 0. The van der Waals surface area contributed by atoms with E-state index < -0.39 is 0 Å². The molecule has 4 rings (SSSR count). The molecule has 0 aliphatic carbocycles. The second-order valence-corrected chi connectivity index (χ2v) is 4.71. The number of nitrogens with zero attached hydrogens (tertiary/aromatic N) is 2. The molecule has 0 spiro atoms. The monoisotopic (exact) mass is 260 g/mol. The minimum atomic E-state index is 0.510. The van der Waals surface area contributed by atoms with Crippen molar-refractivity contribution in [2.24, 2.45) is 0 Å². The van der Waals surface area contributed by atoms with E-state index in [0.29, 0.717) is 5.82 Å². The molecule has 4 aromatic rings. The molecule has 0 saturated heterocycles. The number of nitrogens with two attached hydrogens (primary N) is 1. The van der Waals surface area contributed by atoms with E-state index in [1.165, 1.54) is 0 Å². The normalized spacial score (nSPS) is 11.2. The molecule has 3 heterocycles. The van der Waals surface area contributed by atoms with Crippen LogP contribution in [0, 0.1) is 0 Å². The Bertz CT molecular complexity index is 919. The van der Waals surface area contributed by atoms with Gasteiger partial charge in [0, 0.05) is 23.2 Å². The predicted molar refractivity (Wildman–Crippen MR) is 81.2 cm³/mol. The molecule has 1 aromatic carbocycles. The highest BCUT2D eigenvalue weighted by Gasteiger charge is 2.10. The third-order valence-electron chi connectivity index (χ3n) is 3.49. The smallest absolute Gasteiger partial charge is 0.140 e. The summed E-state index contributed by atoms with van der Waals surface area (Å²) in [5.74, 6) is 0.510. The number of rotatable bonds is 1. The third-order valence-corrected chi connectivity index (χ3v) is 3.49. The van der Waals surface area contributed by atoms with Crippen molar-refractivity contribution in [3.63, 3.8) is 0 Å². The van der Waals surface area contributed by atoms with Gasteiger partial charge in [0.25, 0.3) is 0 Å². The first-order valence-corrected chi connectivity index (χ1v) is 6.41. The van der Waals surface area contributed by atoms with Crippen molar-refractivity contribution < 1.29 is 0 Å². The summed E-state index contributed by atoms with van der Waals surface area (Å²) in [6, 6.07) is 14.1. The predicted octanol–water partition coefficient (Wildman–Crippen LogP) is 3.36. The van der Waals surface area contributed by atoms with Crippen LogP contribution in [0.3, 0.4) is 0 Å². The van der Waals surface area contributed by atoms with E-state index in [0.717, 1.165) is 33.1 Å². The van der Waals surface area contributed by atoms with E-state index in [9.17, 15) is 0 Å². The highest BCUT2D eigenvalue weighted by molar-refractivity contribution is 6.03. The summed E-state index contributed by atoms with van der Waals surface area (Å²) >= 11 is 0. The van der Waals surface area contributed by atoms with Crippen LogP contribution in [0.2, 0.25) is 0 Å². The summed E-state index contributed by atoms with van der Waals surface area (Å²) in [7, 11) is 0. The van der Waals surface area contributed by atoms with Crippen LogP contribution in [0.1, 0.15) is 0 Å². The molecule has 0 aliphatic rings.